The van der Waals surface area contributed by atoms with Gasteiger partial charge in [-0.2, -0.15) is 4.31 Å². The molecule has 0 radical (unpaired) electrons. The van der Waals surface area contributed by atoms with E-state index in [0.717, 1.165) is 25.9 Å². The molecule has 29 heavy (non-hydrogen) atoms. The van der Waals surface area contributed by atoms with Gasteiger partial charge in [0.25, 0.3) is 5.91 Å². The lowest BCUT2D eigenvalue weighted by Crippen LogP contribution is -2.38. The van der Waals surface area contributed by atoms with Crippen LogP contribution < -0.4 is 0 Å². The van der Waals surface area contributed by atoms with E-state index in [0.29, 0.717) is 43.3 Å². The Balaban J connectivity index is 1.46. The number of carbonyl (C=O) groups excluding carboxylic acids is 1. The van der Waals surface area contributed by atoms with Crippen molar-refractivity contribution in [3.8, 4) is 0 Å². The second kappa shape index (κ2) is 8.08. The number of sulfonamides is 1. The van der Waals surface area contributed by atoms with E-state index in [1.54, 1.807) is 25.1 Å². The van der Waals surface area contributed by atoms with E-state index in [1.165, 1.54) is 10.4 Å². The van der Waals surface area contributed by atoms with Crippen molar-refractivity contribution < 1.29 is 17.6 Å². The molecule has 7 nitrogen and oxygen atoms in total. The van der Waals surface area contributed by atoms with Gasteiger partial charge in [0, 0.05) is 32.1 Å². The highest BCUT2D eigenvalue weighted by molar-refractivity contribution is 7.89. The number of carbonyl (C=O) groups is 1. The van der Waals surface area contributed by atoms with Crippen LogP contribution in [-0.2, 0) is 10.0 Å². The maximum atomic E-state index is 12.9. The summed E-state index contributed by atoms with van der Waals surface area (Å²) >= 11 is 6.09. The largest absolute Gasteiger partial charge is 0.445 e. The molecular weight excluding hydrogens is 414 g/mol. The molecule has 2 saturated heterocycles. The van der Waals surface area contributed by atoms with E-state index in [-0.39, 0.29) is 21.7 Å². The first-order valence-corrected chi connectivity index (χ1v) is 11.7. The molecule has 3 heterocycles. The van der Waals surface area contributed by atoms with Crippen LogP contribution in [0.1, 0.15) is 53.7 Å². The quantitative estimate of drug-likeness (QED) is 0.731. The predicted octanol–water partition coefficient (Wildman–Crippen LogP) is 3.44. The van der Waals surface area contributed by atoms with E-state index in [2.05, 4.69) is 4.98 Å². The van der Waals surface area contributed by atoms with Crippen LogP contribution in [0.2, 0.25) is 5.02 Å². The number of amides is 1. The summed E-state index contributed by atoms with van der Waals surface area (Å²) in [6.07, 6.45) is 3.21. The molecule has 0 aliphatic carbocycles. The third kappa shape index (κ3) is 3.93. The summed E-state index contributed by atoms with van der Waals surface area (Å²) in [5, 5.41) is 0.225. The van der Waals surface area contributed by atoms with Crippen molar-refractivity contribution in [3.05, 3.63) is 46.6 Å². The van der Waals surface area contributed by atoms with Crippen molar-refractivity contribution in [2.75, 3.05) is 26.2 Å². The van der Waals surface area contributed by atoms with Crippen molar-refractivity contribution in [1.29, 1.82) is 0 Å². The van der Waals surface area contributed by atoms with Gasteiger partial charge in [-0.05, 0) is 44.7 Å². The first kappa shape index (κ1) is 20.4. The summed E-state index contributed by atoms with van der Waals surface area (Å²) < 4.78 is 33.1. The highest BCUT2D eigenvalue weighted by Crippen LogP contribution is 2.33. The molecule has 4 rings (SSSR count). The third-order valence-electron chi connectivity index (χ3n) is 5.67. The van der Waals surface area contributed by atoms with Crippen LogP contribution in [-0.4, -0.2) is 54.7 Å². The predicted molar refractivity (Wildman–Crippen MR) is 109 cm³/mol. The molecule has 2 fully saturated rings. The summed E-state index contributed by atoms with van der Waals surface area (Å²) in [5.74, 6) is 0.975. The van der Waals surface area contributed by atoms with Gasteiger partial charge in [0.1, 0.15) is 10.7 Å². The van der Waals surface area contributed by atoms with Crippen LogP contribution in [0.15, 0.2) is 33.6 Å². The Bertz CT molecular complexity index is 1010. The summed E-state index contributed by atoms with van der Waals surface area (Å²) in [4.78, 5) is 19.1. The average Bonchev–Trinajstić information content (AvgIpc) is 3.38. The Kier molecular flexibility index (Phi) is 5.68. The molecule has 9 heteroatoms. The Labute approximate surface area is 175 Å². The molecule has 0 N–H and O–H groups in total. The molecule has 0 bridgehead atoms. The van der Waals surface area contributed by atoms with E-state index in [1.807, 2.05) is 4.90 Å². The minimum Gasteiger partial charge on any atom is -0.445 e. The van der Waals surface area contributed by atoms with Gasteiger partial charge >= 0.3 is 0 Å². The van der Waals surface area contributed by atoms with Crippen molar-refractivity contribution in [1.82, 2.24) is 14.2 Å². The summed E-state index contributed by atoms with van der Waals surface area (Å²) in [5.41, 5.74) is 0.382. The highest BCUT2D eigenvalue weighted by atomic mass is 35.5. The minimum atomic E-state index is -3.64. The average molecular weight is 438 g/mol. The van der Waals surface area contributed by atoms with Crippen LogP contribution in [0.4, 0.5) is 0 Å². The van der Waals surface area contributed by atoms with Gasteiger partial charge in [0.2, 0.25) is 10.0 Å². The van der Waals surface area contributed by atoms with Gasteiger partial charge in [-0.3, -0.25) is 4.79 Å². The van der Waals surface area contributed by atoms with Crippen molar-refractivity contribution >= 4 is 27.5 Å². The minimum absolute atomic E-state index is 0.00785. The number of nitrogens with zero attached hydrogens (tertiary/aromatic N) is 3. The molecular formula is C20H24ClN3O4S. The SMILES string of the molecule is Cc1oc(C2CCN(S(=O)(=O)c3ccccc3Cl)CC2)nc1C(=O)N1CCCC1. The second-order valence-corrected chi connectivity index (χ2v) is 9.88. The topological polar surface area (TPSA) is 83.7 Å². The van der Waals surface area contributed by atoms with Crippen molar-refractivity contribution in [2.45, 2.75) is 43.4 Å². The standard InChI is InChI=1S/C20H24ClN3O4S/c1-14-18(20(25)23-10-4-5-11-23)22-19(28-14)15-8-12-24(13-9-15)29(26,27)17-7-3-2-6-16(17)21/h2-3,6-7,15H,4-5,8-13H2,1H3. The zero-order valence-corrected chi connectivity index (χ0v) is 17.9. The molecule has 0 saturated carbocycles. The summed E-state index contributed by atoms with van der Waals surface area (Å²) in [6, 6.07) is 6.48. The number of oxazole rings is 1. The van der Waals surface area contributed by atoms with E-state index >= 15 is 0 Å². The first-order chi connectivity index (χ1) is 13.9. The number of piperidine rings is 1. The molecule has 1 aromatic carbocycles. The highest BCUT2D eigenvalue weighted by Gasteiger charge is 2.34. The maximum Gasteiger partial charge on any atom is 0.276 e. The number of rotatable bonds is 4. The number of aryl methyl sites for hydroxylation is 1. The van der Waals surface area contributed by atoms with Crippen molar-refractivity contribution in [2.24, 2.45) is 0 Å². The second-order valence-electron chi connectivity index (χ2n) is 7.56. The Morgan fingerprint density at radius 1 is 1.14 bits per heavy atom. The van der Waals surface area contributed by atoms with Crippen LogP contribution in [0.5, 0.6) is 0 Å². The lowest BCUT2D eigenvalue weighted by Gasteiger charge is -2.30. The van der Waals surface area contributed by atoms with Crippen molar-refractivity contribution in [3.63, 3.8) is 0 Å². The van der Waals surface area contributed by atoms with Gasteiger partial charge < -0.3 is 9.32 Å². The summed E-state index contributed by atoms with van der Waals surface area (Å²) in [6.45, 7) is 4.00. The number of likely N-dealkylation sites (tertiary alicyclic amines) is 1. The lowest BCUT2D eigenvalue weighted by atomic mass is 9.98. The third-order valence-corrected chi connectivity index (χ3v) is 8.07. The molecule has 156 valence electrons. The maximum absolute atomic E-state index is 12.9. The van der Waals surface area contributed by atoms with Crippen LogP contribution in [0.3, 0.4) is 0 Å². The normalized spacial score (nSPS) is 19.0. The zero-order valence-electron chi connectivity index (χ0n) is 16.3. The van der Waals surface area contributed by atoms with E-state index in [4.69, 9.17) is 16.0 Å². The molecule has 0 unspecified atom stereocenters. The number of benzene rings is 1. The van der Waals surface area contributed by atoms with Gasteiger partial charge in [-0.1, -0.05) is 23.7 Å². The number of halogens is 1. The Morgan fingerprint density at radius 3 is 2.45 bits per heavy atom. The lowest BCUT2D eigenvalue weighted by molar-refractivity contribution is 0.0786. The molecule has 1 amide bonds. The number of hydrogen-bond acceptors (Lipinski definition) is 5. The number of aromatic nitrogens is 1. The van der Waals surface area contributed by atoms with Gasteiger partial charge in [-0.15, -0.1) is 0 Å². The van der Waals surface area contributed by atoms with E-state index in [9.17, 15) is 13.2 Å². The van der Waals surface area contributed by atoms with Gasteiger partial charge in [0.05, 0.1) is 5.02 Å². The molecule has 2 aliphatic rings. The molecule has 0 spiro atoms. The fourth-order valence-corrected chi connectivity index (χ4v) is 5.96. The fraction of sp³-hybridized carbons (Fsp3) is 0.500. The molecule has 2 aliphatic heterocycles. The Hall–Kier alpha value is -1.90. The van der Waals surface area contributed by atoms with Crippen LogP contribution in [0.25, 0.3) is 0 Å². The summed E-state index contributed by atoms with van der Waals surface area (Å²) in [7, 11) is -3.64. The van der Waals surface area contributed by atoms with Crippen LogP contribution in [0, 0.1) is 6.92 Å². The molecule has 0 atom stereocenters. The van der Waals surface area contributed by atoms with Gasteiger partial charge in [0.15, 0.2) is 11.6 Å². The van der Waals surface area contributed by atoms with Gasteiger partial charge in [-0.25, -0.2) is 13.4 Å². The molecule has 1 aromatic heterocycles. The zero-order chi connectivity index (χ0) is 20.6. The fourth-order valence-electron chi connectivity index (χ4n) is 4.00. The first-order valence-electron chi connectivity index (χ1n) is 9.89. The van der Waals surface area contributed by atoms with E-state index < -0.39 is 10.0 Å². The smallest absolute Gasteiger partial charge is 0.276 e. The molecule has 2 aromatic rings. The monoisotopic (exact) mass is 437 g/mol. The Morgan fingerprint density at radius 2 is 1.79 bits per heavy atom. The number of hydrogen-bond donors (Lipinski definition) is 0. The van der Waals surface area contributed by atoms with Crippen LogP contribution >= 0.6 is 11.6 Å².